The highest BCUT2D eigenvalue weighted by Crippen LogP contribution is 2.45. The molecule has 0 aliphatic carbocycles. The molecule has 2 aliphatic rings. The third kappa shape index (κ3) is 5.97. The summed E-state index contributed by atoms with van der Waals surface area (Å²) in [5.74, 6) is 0. The fraction of sp³-hybridized carbons (Fsp3) is 0.0606. The Morgan fingerprint density at radius 1 is 0.292 bits per heavy atom. The predicted molar refractivity (Wildman–Crippen MR) is 310 cm³/mol. The van der Waals surface area contributed by atoms with Crippen LogP contribution in [0.4, 0.5) is 34.1 Å². The normalized spacial score (nSPS) is 14.1. The number of anilines is 6. The number of nitrogens with zero attached hydrogens (tertiary/aromatic N) is 2. The minimum atomic E-state index is -1.89. The van der Waals surface area contributed by atoms with Gasteiger partial charge in [0.05, 0.1) is 5.39 Å². The molecule has 0 radical (unpaired) electrons. The van der Waals surface area contributed by atoms with Crippen molar-refractivity contribution >= 4 is 136 Å². The van der Waals surface area contributed by atoms with Gasteiger partial charge in [-0.3, -0.25) is 0 Å². The average molecular weight is 957 g/mol. The summed E-state index contributed by atoms with van der Waals surface area (Å²) in [6.07, 6.45) is 0. The van der Waals surface area contributed by atoms with E-state index < -0.39 is 16.1 Å². The van der Waals surface area contributed by atoms with E-state index in [-0.39, 0.29) is 0 Å². The largest absolute Gasteiger partial charge is 0.456 e. The summed E-state index contributed by atoms with van der Waals surface area (Å²) in [7, 11) is -3.78. The van der Waals surface area contributed by atoms with Gasteiger partial charge >= 0.3 is 0 Å². The Kier molecular flexibility index (Phi) is 8.64. The molecular weight excluding hydrogens is 909 g/mol. The van der Waals surface area contributed by atoms with E-state index >= 15 is 0 Å². The van der Waals surface area contributed by atoms with Crippen LogP contribution in [0.5, 0.6) is 0 Å². The van der Waals surface area contributed by atoms with Gasteiger partial charge in [0.2, 0.25) is 0 Å². The molecule has 0 fully saturated rings. The lowest BCUT2D eigenvalue weighted by Crippen LogP contribution is -2.49. The summed E-state index contributed by atoms with van der Waals surface area (Å²) in [5, 5.41) is 14.8. The number of furan rings is 2. The molecule has 342 valence electrons. The molecule has 15 rings (SSSR count). The first kappa shape index (κ1) is 41.4. The molecule has 72 heavy (non-hydrogen) atoms. The Hall–Kier alpha value is -8.43. The molecule has 4 heterocycles. The van der Waals surface area contributed by atoms with Gasteiger partial charge in [-0.1, -0.05) is 135 Å². The van der Waals surface area contributed by atoms with Crippen LogP contribution in [0.1, 0.15) is 0 Å². The van der Waals surface area contributed by atoms with Crippen LogP contribution in [0, 0.1) is 0 Å². The highest BCUT2D eigenvalue weighted by Gasteiger charge is 2.39. The van der Waals surface area contributed by atoms with Crippen LogP contribution < -0.4 is 30.5 Å². The van der Waals surface area contributed by atoms with Crippen LogP contribution in [-0.4, -0.2) is 16.1 Å². The zero-order chi connectivity index (χ0) is 48.0. The summed E-state index contributed by atoms with van der Waals surface area (Å²) < 4.78 is 13.7. The predicted octanol–water partition coefficient (Wildman–Crippen LogP) is 16.3. The Labute approximate surface area is 419 Å². The second-order valence-electron chi connectivity index (χ2n) is 20.9. The van der Waals surface area contributed by atoms with Crippen molar-refractivity contribution in [2.24, 2.45) is 0 Å². The fourth-order valence-corrected chi connectivity index (χ4v) is 18.7. The van der Waals surface area contributed by atoms with E-state index in [0.717, 1.165) is 82.8 Å². The average Bonchev–Trinajstić information content (AvgIpc) is 4.09. The standard InChI is InChI=1S/C66H48N2O2Si2/c1-71(2)61-21-13-11-19-51(61)53-29-27-49(39-63(53)71)67(45-15-7-5-8-16-45)47-25-23-41-35-56-55-31-32-58-65(66(55)70-59(56)37-43(41)33-47)57-36-42-24-26-48(34-44(42)38-60(57)69-58)68(46-17-9-6-10-18-46)50-28-30-54-52-20-12-14-22-62(52)72(3,4)64(54)40-50/h5-40H,1-4H3. The summed E-state index contributed by atoms with van der Waals surface area (Å²) in [6, 6.07) is 80.6. The number of fused-ring (bicyclic) bond motifs is 15. The molecule has 6 heteroatoms. The van der Waals surface area contributed by atoms with Crippen LogP contribution in [0.2, 0.25) is 26.2 Å². The molecule has 0 N–H and O–H groups in total. The first-order chi connectivity index (χ1) is 35.2. The number of hydrogen-bond acceptors (Lipinski definition) is 4. The molecule has 13 aromatic rings. The lowest BCUT2D eigenvalue weighted by molar-refractivity contribution is 0.663. The Morgan fingerprint density at radius 3 is 1.28 bits per heavy atom. The maximum Gasteiger partial charge on any atom is 0.147 e. The number of benzene rings is 11. The van der Waals surface area contributed by atoms with E-state index in [1.807, 2.05) is 0 Å². The smallest absolute Gasteiger partial charge is 0.147 e. The monoisotopic (exact) mass is 956 g/mol. The van der Waals surface area contributed by atoms with Crippen LogP contribution >= 0.6 is 0 Å². The second-order valence-corrected chi connectivity index (χ2v) is 29.6. The minimum absolute atomic E-state index is 0.818. The van der Waals surface area contributed by atoms with Crippen molar-refractivity contribution in [3.63, 3.8) is 0 Å². The lowest BCUT2D eigenvalue weighted by atomic mass is 10.0. The molecule has 0 amide bonds. The van der Waals surface area contributed by atoms with Crippen LogP contribution in [0.25, 0.3) is 87.7 Å². The summed E-state index contributed by atoms with van der Waals surface area (Å²) in [6.45, 7) is 9.93. The van der Waals surface area contributed by atoms with E-state index in [9.17, 15) is 0 Å². The van der Waals surface area contributed by atoms with E-state index in [1.165, 1.54) is 59.8 Å². The maximum absolute atomic E-state index is 6.97. The topological polar surface area (TPSA) is 32.8 Å². The summed E-state index contributed by atoms with van der Waals surface area (Å²) >= 11 is 0. The van der Waals surface area contributed by atoms with E-state index in [4.69, 9.17) is 8.83 Å². The summed E-state index contributed by atoms with van der Waals surface area (Å²) in [4.78, 5) is 4.80. The molecule has 0 atom stereocenters. The van der Waals surface area contributed by atoms with Gasteiger partial charge in [0.1, 0.15) is 38.5 Å². The van der Waals surface area contributed by atoms with Crippen molar-refractivity contribution in [2.45, 2.75) is 26.2 Å². The first-order valence-electron chi connectivity index (χ1n) is 25.1. The van der Waals surface area contributed by atoms with E-state index in [2.05, 4.69) is 254 Å². The molecular formula is C66H48N2O2Si2. The van der Waals surface area contributed by atoms with Gasteiger partial charge in [-0.15, -0.1) is 0 Å². The van der Waals surface area contributed by atoms with Gasteiger partial charge in [-0.25, -0.2) is 0 Å². The molecule has 0 saturated carbocycles. The van der Waals surface area contributed by atoms with Crippen LogP contribution in [0.15, 0.2) is 227 Å². The molecule has 2 aromatic heterocycles. The third-order valence-electron chi connectivity index (χ3n) is 16.2. The fourth-order valence-electron chi connectivity index (χ4n) is 12.5. The Bertz CT molecular complexity index is 4420. The van der Waals surface area contributed by atoms with Crippen molar-refractivity contribution in [1.82, 2.24) is 0 Å². The lowest BCUT2D eigenvalue weighted by Gasteiger charge is -2.27. The minimum Gasteiger partial charge on any atom is -0.456 e. The molecule has 0 bridgehead atoms. The Balaban J connectivity index is 0.827. The van der Waals surface area contributed by atoms with E-state index in [1.54, 1.807) is 0 Å². The Morgan fingerprint density at radius 2 is 0.736 bits per heavy atom. The molecule has 2 aliphatic heterocycles. The van der Waals surface area contributed by atoms with Crippen LogP contribution in [0.3, 0.4) is 0 Å². The quantitative estimate of drug-likeness (QED) is 0.156. The maximum atomic E-state index is 6.97. The van der Waals surface area contributed by atoms with Gasteiger partial charge in [0, 0.05) is 50.3 Å². The van der Waals surface area contributed by atoms with Crippen molar-refractivity contribution in [2.75, 3.05) is 9.80 Å². The molecule has 11 aromatic carbocycles. The molecule has 4 nitrogen and oxygen atoms in total. The summed E-state index contributed by atoms with van der Waals surface area (Å²) in [5.41, 5.74) is 15.7. The van der Waals surface area contributed by atoms with Crippen molar-refractivity contribution in [1.29, 1.82) is 0 Å². The van der Waals surface area contributed by atoms with Gasteiger partial charge in [0.25, 0.3) is 0 Å². The van der Waals surface area contributed by atoms with Crippen molar-refractivity contribution in [3.05, 3.63) is 218 Å². The SMILES string of the molecule is C[Si]1(C)c2ccccc2-c2ccc(N(c3ccccc3)c3ccc4cc5c(cc4c3)oc3c5ccc4oc5cc6cc(N(c7ccccc7)c7ccc8c(c7)[Si](C)(C)c7ccccc7-8)ccc6cc5c43)cc21. The number of rotatable bonds is 6. The van der Waals surface area contributed by atoms with Gasteiger partial charge < -0.3 is 18.6 Å². The van der Waals surface area contributed by atoms with Gasteiger partial charge in [-0.05, 0) is 174 Å². The number of para-hydroxylation sites is 2. The first-order valence-corrected chi connectivity index (χ1v) is 31.1. The highest BCUT2D eigenvalue weighted by molar-refractivity contribution is 7.04. The zero-order valence-electron chi connectivity index (χ0n) is 40.5. The zero-order valence-corrected chi connectivity index (χ0v) is 42.5. The van der Waals surface area contributed by atoms with Crippen LogP contribution in [-0.2, 0) is 0 Å². The molecule has 0 unspecified atom stereocenters. The second kappa shape index (κ2) is 15.0. The third-order valence-corrected chi connectivity index (χ3v) is 23.2. The molecule has 0 saturated heterocycles. The van der Waals surface area contributed by atoms with Crippen molar-refractivity contribution < 1.29 is 8.83 Å². The molecule has 0 spiro atoms. The van der Waals surface area contributed by atoms with Crippen molar-refractivity contribution in [3.8, 4) is 22.3 Å². The van der Waals surface area contributed by atoms with Gasteiger partial charge in [-0.2, -0.15) is 0 Å². The van der Waals surface area contributed by atoms with E-state index in [0.29, 0.717) is 0 Å². The van der Waals surface area contributed by atoms with Gasteiger partial charge in [0.15, 0.2) is 0 Å². The number of hydrogen-bond donors (Lipinski definition) is 0. The highest BCUT2D eigenvalue weighted by atomic mass is 28.3.